The Morgan fingerprint density at radius 3 is 2.39 bits per heavy atom. The molecular formula is C19H18N4O4S. The molecule has 2 N–H and O–H groups in total. The summed E-state index contributed by atoms with van der Waals surface area (Å²) in [5.74, 6) is 0.329. The lowest BCUT2D eigenvalue weighted by molar-refractivity contribution is 0.251. The zero-order valence-corrected chi connectivity index (χ0v) is 15.8. The van der Waals surface area contributed by atoms with E-state index in [4.69, 9.17) is 4.74 Å². The Hall–Kier alpha value is -3.46. The van der Waals surface area contributed by atoms with E-state index in [1.165, 1.54) is 49.7 Å². The number of hydrogen-bond donors (Lipinski definition) is 2. The van der Waals surface area contributed by atoms with E-state index in [1.807, 2.05) is 6.07 Å². The molecule has 3 rings (SSSR count). The number of amides is 2. The van der Waals surface area contributed by atoms with Crippen molar-refractivity contribution in [3.8, 4) is 5.88 Å². The number of ether oxygens (including phenoxy) is 1. The first-order chi connectivity index (χ1) is 13.5. The fourth-order valence-electron chi connectivity index (χ4n) is 2.36. The molecule has 0 bridgehead atoms. The summed E-state index contributed by atoms with van der Waals surface area (Å²) in [6.07, 6.45) is 4.56. The number of rotatable bonds is 6. The summed E-state index contributed by atoms with van der Waals surface area (Å²) in [7, 11) is -2.26. The minimum atomic E-state index is -3.71. The Morgan fingerprint density at radius 1 is 1.04 bits per heavy atom. The molecule has 0 radical (unpaired) electrons. The van der Waals surface area contributed by atoms with Gasteiger partial charge in [0.2, 0.25) is 15.7 Å². The van der Waals surface area contributed by atoms with E-state index in [-0.39, 0.29) is 9.79 Å². The Morgan fingerprint density at radius 2 is 1.79 bits per heavy atom. The van der Waals surface area contributed by atoms with Crippen LogP contribution in [0.5, 0.6) is 5.88 Å². The Balaban J connectivity index is 1.64. The van der Waals surface area contributed by atoms with Crippen LogP contribution in [-0.2, 0) is 16.4 Å². The number of anilines is 1. The Bertz CT molecular complexity index is 1040. The number of urea groups is 1. The summed E-state index contributed by atoms with van der Waals surface area (Å²) in [5, 5.41) is 5.35. The maximum atomic E-state index is 12.6. The van der Waals surface area contributed by atoms with Crippen LogP contribution in [0.4, 0.5) is 10.5 Å². The number of carbonyl (C=O) groups is 1. The molecule has 0 fully saturated rings. The lowest BCUT2D eigenvalue weighted by atomic mass is 10.3. The molecule has 2 heterocycles. The van der Waals surface area contributed by atoms with Crippen molar-refractivity contribution in [3.63, 3.8) is 0 Å². The fourth-order valence-corrected chi connectivity index (χ4v) is 3.57. The van der Waals surface area contributed by atoms with Crippen molar-refractivity contribution in [2.45, 2.75) is 16.3 Å². The van der Waals surface area contributed by atoms with Gasteiger partial charge in [0.05, 0.1) is 16.9 Å². The quantitative estimate of drug-likeness (QED) is 0.660. The number of nitrogens with zero attached hydrogens (tertiary/aromatic N) is 2. The van der Waals surface area contributed by atoms with Gasteiger partial charge in [0.1, 0.15) is 0 Å². The zero-order chi connectivity index (χ0) is 20.0. The first-order valence-corrected chi connectivity index (χ1v) is 9.76. The van der Waals surface area contributed by atoms with Crippen LogP contribution in [-0.4, -0.2) is 31.5 Å². The van der Waals surface area contributed by atoms with Crippen LogP contribution in [0.3, 0.4) is 0 Å². The summed E-state index contributed by atoms with van der Waals surface area (Å²) >= 11 is 0. The van der Waals surface area contributed by atoms with Crippen molar-refractivity contribution in [2.75, 3.05) is 12.4 Å². The van der Waals surface area contributed by atoms with Crippen LogP contribution >= 0.6 is 0 Å². The van der Waals surface area contributed by atoms with Crippen molar-refractivity contribution in [1.29, 1.82) is 0 Å². The fraction of sp³-hybridized carbons (Fsp3) is 0.105. The molecule has 1 aromatic carbocycles. The lowest BCUT2D eigenvalue weighted by Gasteiger charge is -2.09. The summed E-state index contributed by atoms with van der Waals surface area (Å²) in [6, 6.07) is 12.0. The number of methoxy groups -OCH3 is 1. The first-order valence-electron chi connectivity index (χ1n) is 8.28. The summed E-state index contributed by atoms with van der Waals surface area (Å²) < 4.78 is 30.2. The van der Waals surface area contributed by atoms with E-state index in [1.54, 1.807) is 18.5 Å². The van der Waals surface area contributed by atoms with E-state index in [0.29, 0.717) is 18.1 Å². The van der Waals surface area contributed by atoms with E-state index in [2.05, 4.69) is 20.6 Å². The smallest absolute Gasteiger partial charge is 0.319 e. The molecule has 0 aliphatic rings. The molecule has 0 spiro atoms. The van der Waals surface area contributed by atoms with Crippen molar-refractivity contribution in [2.24, 2.45) is 0 Å². The van der Waals surface area contributed by atoms with Crippen molar-refractivity contribution >= 4 is 21.6 Å². The van der Waals surface area contributed by atoms with Crippen LogP contribution in [0, 0.1) is 0 Å². The van der Waals surface area contributed by atoms with Crippen molar-refractivity contribution in [1.82, 2.24) is 15.3 Å². The molecule has 0 aliphatic heterocycles. The second-order valence-corrected chi connectivity index (χ2v) is 7.68. The van der Waals surface area contributed by atoms with Gasteiger partial charge in [-0.25, -0.2) is 18.2 Å². The maximum absolute atomic E-state index is 12.6. The van der Waals surface area contributed by atoms with Gasteiger partial charge in [0.25, 0.3) is 0 Å². The number of benzene rings is 1. The SMILES string of the molecule is COc1ccc(S(=O)(=O)c2ccc(NC(=O)NCc3cccnc3)cc2)cn1. The summed E-state index contributed by atoms with van der Waals surface area (Å²) in [4.78, 5) is 20.0. The molecule has 0 atom stereocenters. The average molecular weight is 398 g/mol. The summed E-state index contributed by atoms with van der Waals surface area (Å²) in [6.45, 7) is 0.330. The molecule has 8 nitrogen and oxygen atoms in total. The number of carbonyl (C=O) groups excluding carboxylic acids is 1. The van der Waals surface area contributed by atoms with Gasteiger partial charge in [-0.1, -0.05) is 6.07 Å². The highest BCUT2D eigenvalue weighted by atomic mass is 32.2. The molecule has 3 aromatic rings. The van der Waals surface area contributed by atoms with Gasteiger partial charge >= 0.3 is 6.03 Å². The second-order valence-electron chi connectivity index (χ2n) is 5.73. The third kappa shape index (κ3) is 4.63. The molecule has 0 unspecified atom stereocenters. The van der Waals surface area contributed by atoms with E-state index in [9.17, 15) is 13.2 Å². The van der Waals surface area contributed by atoms with Crippen molar-refractivity contribution < 1.29 is 17.9 Å². The highest BCUT2D eigenvalue weighted by molar-refractivity contribution is 7.91. The van der Waals surface area contributed by atoms with Crippen LogP contribution in [0.15, 0.2) is 76.9 Å². The molecule has 2 aromatic heterocycles. The second kappa shape index (κ2) is 8.49. The molecule has 0 aliphatic carbocycles. The monoisotopic (exact) mass is 398 g/mol. The Kier molecular flexibility index (Phi) is 5.85. The van der Waals surface area contributed by atoms with Gasteiger partial charge in [-0.3, -0.25) is 4.98 Å². The molecule has 9 heteroatoms. The third-order valence-electron chi connectivity index (χ3n) is 3.83. The molecule has 2 amide bonds. The van der Waals surface area contributed by atoms with Crippen LogP contribution in [0.25, 0.3) is 0 Å². The van der Waals surface area contributed by atoms with Crippen LogP contribution < -0.4 is 15.4 Å². The highest BCUT2D eigenvalue weighted by Crippen LogP contribution is 2.23. The number of aromatic nitrogens is 2. The maximum Gasteiger partial charge on any atom is 0.319 e. The van der Waals surface area contributed by atoms with Crippen LogP contribution in [0.1, 0.15) is 5.56 Å². The largest absolute Gasteiger partial charge is 0.481 e. The van der Waals surface area contributed by atoms with Gasteiger partial charge in [0.15, 0.2) is 0 Å². The topological polar surface area (TPSA) is 110 Å². The highest BCUT2D eigenvalue weighted by Gasteiger charge is 2.18. The normalized spacial score (nSPS) is 10.9. The zero-order valence-electron chi connectivity index (χ0n) is 15.0. The number of sulfone groups is 1. The number of pyridine rings is 2. The van der Waals surface area contributed by atoms with Gasteiger partial charge in [-0.05, 0) is 42.0 Å². The van der Waals surface area contributed by atoms with E-state index in [0.717, 1.165) is 5.56 Å². The Labute approximate surface area is 162 Å². The minimum Gasteiger partial charge on any atom is -0.481 e. The standard InChI is InChI=1S/C19H18N4O4S/c1-27-18-9-8-17(13-21-18)28(25,26)16-6-4-15(5-7-16)23-19(24)22-12-14-3-2-10-20-11-14/h2-11,13H,12H2,1H3,(H2,22,23,24). The van der Waals surface area contributed by atoms with Crippen molar-refractivity contribution in [3.05, 3.63) is 72.7 Å². The molecule has 28 heavy (non-hydrogen) atoms. The lowest BCUT2D eigenvalue weighted by Crippen LogP contribution is -2.28. The summed E-state index contributed by atoms with van der Waals surface area (Å²) in [5.41, 5.74) is 1.34. The third-order valence-corrected chi connectivity index (χ3v) is 5.58. The molecule has 144 valence electrons. The predicted molar refractivity (Wildman–Crippen MR) is 103 cm³/mol. The van der Waals surface area contributed by atoms with Crippen LogP contribution in [0.2, 0.25) is 0 Å². The van der Waals surface area contributed by atoms with E-state index >= 15 is 0 Å². The number of hydrogen-bond acceptors (Lipinski definition) is 6. The molecule has 0 saturated carbocycles. The van der Waals surface area contributed by atoms with Gasteiger partial charge < -0.3 is 15.4 Å². The number of nitrogens with one attached hydrogen (secondary N) is 2. The molecular weight excluding hydrogens is 380 g/mol. The first kappa shape index (κ1) is 19.3. The van der Waals surface area contributed by atoms with Gasteiger partial charge in [-0.2, -0.15) is 0 Å². The van der Waals surface area contributed by atoms with E-state index < -0.39 is 15.9 Å². The average Bonchev–Trinajstić information content (AvgIpc) is 2.73. The minimum absolute atomic E-state index is 0.0585. The molecule has 0 saturated heterocycles. The predicted octanol–water partition coefficient (Wildman–Crippen LogP) is 2.64. The van der Waals surface area contributed by atoms with Gasteiger partial charge in [0, 0.05) is 36.9 Å². The van der Waals surface area contributed by atoms with Gasteiger partial charge in [-0.15, -0.1) is 0 Å².